The van der Waals surface area contributed by atoms with Gasteiger partial charge in [0.15, 0.2) is 11.6 Å². The van der Waals surface area contributed by atoms with Crippen LogP contribution in [0.3, 0.4) is 0 Å². The van der Waals surface area contributed by atoms with Gasteiger partial charge in [0.25, 0.3) is 0 Å². The molecule has 8 heteroatoms. The SMILES string of the molecule is COc1cc(C)cc(C(=O)Cc2cc(NCCCN3CCOCC3)nc(-c3cccnc3)n2)c1. The summed E-state index contributed by atoms with van der Waals surface area (Å²) in [4.78, 5) is 29.0. The lowest BCUT2D eigenvalue weighted by atomic mass is 10.0. The minimum atomic E-state index is -0.0175. The number of nitrogens with one attached hydrogen (secondary N) is 1. The molecule has 2 aromatic heterocycles. The standard InChI is InChI=1S/C26H31N5O3/c1-19-13-21(15-23(14-19)33-2)24(32)16-22-17-25(28-7-4-8-31-9-11-34-12-10-31)30-26(29-22)20-5-3-6-27-18-20/h3,5-6,13-15,17-18H,4,7-12,16H2,1-2H3,(H,28,29,30). The summed E-state index contributed by atoms with van der Waals surface area (Å²) in [5.74, 6) is 1.91. The number of methoxy groups -OCH3 is 1. The summed E-state index contributed by atoms with van der Waals surface area (Å²) in [5, 5.41) is 3.41. The van der Waals surface area contributed by atoms with Crippen LogP contribution >= 0.6 is 0 Å². The summed E-state index contributed by atoms with van der Waals surface area (Å²) in [6.45, 7) is 7.31. The number of hydrogen-bond acceptors (Lipinski definition) is 8. The van der Waals surface area contributed by atoms with Crippen LogP contribution in [0.1, 0.15) is 28.0 Å². The number of Topliss-reactive ketones (excluding diaryl/α,β-unsaturated/α-hetero) is 1. The maximum Gasteiger partial charge on any atom is 0.168 e. The van der Waals surface area contributed by atoms with E-state index in [1.807, 2.05) is 37.3 Å². The van der Waals surface area contributed by atoms with Gasteiger partial charge < -0.3 is 14.8 Å². The second kappa shape index (κ2) is 11.7. The van der Waals surface area contributed by atoms with Crippen molar-refractivity contribution in [1.82, 2.24) is 19.9 Å². The van der Waals surface area contributed by atoms with E-state index in [2.05, 4.69) is 25.2 Å². The normalized spacial score (nSPS) is 14.1. The third kappa shape index (κ3) is 6.59. The molecule has 0 unspecified atom stereocenters. The minimum absolute atomic E-state index is 0.0175. The molecule has 4 rings (SSSR count). The largest absolute Gasteiger partial charge is 0.497 e. The van der Waals surface area contributed by atoms with Crippen LogP contribution in [0.4, 0.5) is 5.82 Å². The Morgan fingerprint density at radius 3 is 2.79 bits per heavy atom. The summed E-state index contributed by atoms with van der Waals surface area (Å²) in [6.07, 6.45) is 4.61. The predicted octanol–water partition coefficient (Wildman–Crippen LogP) is 3.42. The van der Waals surface area contributed by atoms with Gasteiger partial charge in [0.1, 0.15) is 11.6 Å². The molecule has 1 aromatic carbocycles. The van der Waals surface area contributed by atoms with Gasteiger partial charge in [-0.3, -0.25) is 14.7 Å². The maximum atomic E-state index is 13.1. The van der Waals surface area contributed by atoms with Gasteiger partial charge in [-0.15, -0.1) is 0 Å². The first-order valence-corrected chi connectivity index (χ1v) is 11.6. The summed E-state index contributed by atoms with van der Waals surface area (Å²) in [5.41, 5.74) is 3.06. The monoisotopic (exact) mass is 461 g/mol. The van der Waals surface area contributed by atoms with Gasteiger partial charge in [0.05, 0.1) is 32.4 Å². The Bertz CT molecular complexity index is 1100. The van der Waals surface area contributed by atoms with E-state index < -0.39 is 0 Å². The molecule has 1 saturated heterocycles. The van der Waals surface area contributed by atoms with Crippen LogP contribution in [-0.2, 0) is 11.2 Å². The van der Waals surface area contributed by atoms with Gasteiger partial charge in [0.2, 0.25) is 0 Å². The molecule has 1 N–H and O–H groups in total. The van der Waals surface area contributed by atoms with E-state index >= 15 is 0 Å². The number of benzene rings is 1. The topological polar surface area (TPSA) is 89.5 Å². The fourth-order valence-corrected chi connectivity index (χ4v) is 3.94. The number of nitrogens with zero attached hydrogens (tertiary/aromatic N) is 4. The second-order valence-electron chi connectivity index (χ2n) is 8.38. The van der Waals surface area contributed by atoms with Gasteiger partial charge in [-0.1, -0.05) is 0 Å². The molecule has 3 heterocycles. The number of anilines is 1. The highest BCUT2D eigenvalue weighted by atomic mass is 16.5. The molecule has 0 aliphatic carbocycles. The molecule has 1 fully saturated rings. The number of pyridine rings is 1. The van der Waals surface area contributed by atoms with Crippen molar-refractivity contribution >= 4 is 11.6 Å². The van der Waals surface area contributed by atoms with Crippen molar-refractivity contribution in [3.63, 3.8) is 0 Å². The zero-order valence-electron chi connectivity index (χ0n) is 19.8. The van der Waals surface area contributed by atoms with Crippen LogP contribution < -0.4 is 10.1 Å². The van der Waals surface area contributed by atoms with Gasteiger partial charge >= 0.3 is 0 Å². The molecule has 0 spiro atoms. The number of ketones is 1. The second-order valence-corrected chi connectivity index (χ2v) is 8.38. The Morgan fingerprint density at radius 2 is 2.03 bits per heavy atom. The molecule has 0 amide bonds. The number of hydrogen-bond donors (Lipinski definition) is 1. The van der Waals surface area contributed by atoms with Gasteiger partial charge in [-0.25, -0.2) is 9.97 Å². The molecule has 0 bridgehead atoms. The molecule has 0 atom stereocenters. The van der Waals surface area contributed by atoms with E-state index in [1.165, 1.54) is 0 Å². The molecule has 34 heavy (non-hydrogen) atoms. The first-order chi connectivity index (χ1) is 16.6. The lowest BCUT2D eigenvalue weighted by Gasteiger charge is -2.26. The average molecular weight is 462 g/mol. The Labute approximate surface area is 200 Å². The van der Waals surface area contributed by atoms with Crippen molar-refractivity contribution in [1.29, 1.82) is 0 Å². The molecular weight excluding hydrogens is 430 g/mol. The molecule has 178 valence electrons. The van der Waals surface area contributed by atoms with Crippen molar-refractivity contribution in [2.45, 2.75) is 19.8 Å². The van der Waals surface area contributed by atoms with Gasteiger partial charge in [-0.05, 0) is 55.8 Å². The van der Waals surface area contributed by atoms with Gasteiger partial charge in [-0.2, -0.15) is 0 Å². The van der Waals surface area contributed by atoms with E-state index in [9.17, 15) is 4.79 Å². The van der Waals surface area contributed by atoms with Crippen molar-refractivity contribution in [3.8, 4) is 17.1 Å². The van der Waals surface area contributed by atoms with Crippen LogP contribution in [0.15, 0.2) is 48.8 Å². The van der Waals surface area contributed by atoms with Crippen LogP contribution in [0.2, 0.25) is 0 Å². The lowest BCUT2D eigenvalue weighted by molar-refractivity contribution is 0.0378. The highest BCUT2D eigenvalue weighted by Gasteiger charge is 2.14. The van der Waals surface area contributed by atoms with Crippen molar-refractivity contribution in [2.24, 2.45) is 0 Å². The number of rotatable bonds is 10. The summed E-state index contributed by atoms with van der Waals surface area (Å²) < 4.78 is 10.7. The summed E-state index contributed by atoms with van der Waals surface area (Å²) >= 11 is 0. The molecule has 8 nitrogen and oxygen atoms in total. The lowest BCUT2D eigenvalue weighted by Crippen LogP contribution is -2.37. The third-order valence-electron chi connectivity index (χ3n) is 5.71. The van der Waals surface area contributed by atoms with E-state index in [-0.39, 0.29) is 12.2 Å². The zero-order chi connectivity index (χ0) is 23.8. The Balaban J connectivity index is 1.49. The minimum Gasteiger partial charge on any atom is -0.497 e. The first kappa shape index (κ1) is 23.8. The van der Waals surface area contributed by atoms with Crippen LogP contribution in [0, 0.1) is 6.92 Å². The number of ether oxygens (including phenoxy) is 2. The average Bonchev–Trinajstić information content (AvgIpc) is 2.87. The molecule has 1 aliphatic rings. The van der Waals surface area contributed by atoms with E-state index in [0.29, 0.717) is 28.6 Å². The molecule has 0 radical (unpaired) electrons. The maximum absolute atomic E-state index is 13.1. The van der Waals surface area contributed by atoms with Crippen molar-refractivity contribution in [3.05, 3.63) is 65.6 Å². The molecule has 1 aliphatic heterocycles. The Morgan fingerprint density at radius 1 is 1.18 bits per heavy atom. The third-order valence-corrected chi connectivity index (χ3v) is 5.71. The summed E-state index contributed by atoms with van der Waals surface area (Å²) in [6, 6.07) is 11.2. The number of aromatic nitrogens is 3. The zero-order valence-corrected chi connectivity index (χ0v) is 19.8. The Kier molecular flexibility index (Phi) is 8.17. The molecule has 0 saturated carbocycles. The smallest absolute Gasteiger partial charge is 0.168 e. The fourth-order valence-electron chi connectivity index (χ4n) is 3.94. The molecular formula is C26H31N5O3. The predicted molar refractivity (Wildman–Crippen MR) is 131 cm³/mol. The van der Waals surface area contributed by atoms with Crippen LogP contribution in [-0.4, -0.2) is 72.1 Å². The highest BCUT2D eigenvalue weighted by Crippen LogP contribution is 2.21. The van der Waals surface area contributed by atoms with Crippen LogP contribution in [0.25, 0.3) is 11.4 Å². The van der Waals surface area contributed by atoms with Gasteiger partial charge in [0, 0.05) is 49.2 Å². The summed E-state index contributed by atoms with van der Waals surface area (Å²) in [7, 11) is 1.60. The highest BCUT2D eigenvalue weighted by molar-refractivity contribution is 5.98. The number of morpholine rings is 1. The first-order valence-electron chi connectivity index (χ1n) is 11.6. The Hall–Kier alpha value is -3.36. The fraction of sp³-hybridized carbons (Fsp3) is 0.385. The molecule has 3 aromatic rings. The number of carbonyl (C=O) groups is 1. The van der Waals surface area contributed by atoms with E-state index in [4.69, 9.17) is 9.47 Å². The quantitative estimate of drug-likeness (QED) is 0.363. The van der Waals surface area contributed by atoms with Crippen molar-refractivity contribution < 1.29 is 14.3 Å². The number of carbonyl (C=O) groups excluding carboxylic acids is 1. The van der Waals surface area contributed by atoms with E-state index in [0.717, 1.165) is 56.9 Å². The van der Waals surface area contributed by atoms with E-state index in [1.54, 1.807) is 25.6 Å². The van der Waals surface area contributed by atoms with Crippen LogP contribution in [0.5, 0.6) is 5.75 Å². The van der Waals surface area contributed by atoms with Crippen molar-refractivity contribution in [2.75, 3.05) is 51.8 Å². The number of aryl methyl sites for hydroxylation is 1.